The Hall–Kier alpha value is -1.94. The van der Waals surface area contributed by atoms with Crippen LogP contribution in [0.15, 0.2) is 0 Å². The first-order chi connectivity index (χ1) is 45.5. The first-order valence-corrected chi connectivity index (χ1v) is 42.1. The molecule has 0 rings (SSSR count). The van der Waals surface area contributed by atoms with Crippen LogP contribution < -0.4 is 0 Å². The van der Waals surface area contributed by atoms with Crippen molar-refractivity contribution in [1.29, 1.82) is 0 Å². The van der Waals surface area contributed by atoms with Crippen molar-refractivity contribution < 1.29 is 80.2 Å². The van der Waals surface area contributed by atoms with Gasteiger partial charge in [0.05, 0.1) is 26.4 Å². The molecule has 0 aromatic heterocycles. The zero-order valence-electron chi connectivity index (χ0n) is 61.1. The molecule has 0 aromatic rings. The van der Waals surface area contributed by atoms with Gasteiger partial charge in [-0.15, -0.1) is 0 Å². The molecule has 0 saturated heterocycles. The van der Waals surface area contributed by atoms with Crippen LogP contribution in [0, 0.1) is 5.92 Å². The predicted octanol–water partition coefficient (Wildman–Crippen LogP) is 22.1. The molecule has 94 heavy (non-hydrogen) atoms. The number of aliphatic hydroxyl groups is 1. The lowest BCUT2D eigenvalue weighted by Gasteiger charge is -2.21. The van der Waals surface area contributed by atoms with Crippen LogP contribution in [0.5, 0.6) is 0 Å². The highest BCUT2D eigenvalue weighted by Gasteiger charge is 2.30. The van der Waals surface area contributed by atoms with Crippen LogP contribution in [0.4, 0.5) is 0 Å². The molecule has 0 radical (unpaired) electrons. The second kappa shape index (κ2) is 68.2. The highest BCUT2D eigenvalue weighted by molar-refractivity contribution is 7.47. The summed E-state index contributed by atoms with van der Waals surface area (Å²) in [6, 6.07) is 0. The topological polar surface area (TPSA) is 237 Å². The molecule has 0 bridgehead atoms. The van der Waals surface area contributed by atoms with E-state index in [2.05, 4.69) is 34.6 Å². The number of phosphoric acid groups is 2. The molecule has 0 aromatic carbocycles. The van der Waals surface area contributed by atoms with Gasteiger partial charge in [0, 0.05) is 25.7 Å². The van der Waals surface area contributed by atoms with E-state index in [-0.39, 0.29) is 25.7 Å². The van der Waals surface area contributed by atoms with Crippen LogP contribution in [-0.2, 0) is 65.4 Å². The first-order valence-electron chi connectivity index (χ1n) is 39.1. The van der Waals surface area contributed by atoms with Gasteiger partial charge in [-0.05, 0) is 31.6 Å². The third kappa shape index (κ3) is 68.6. The Morgan fingerprint density at radius 2 is 0.489 bits per heavy atom. The number of hydrogen-bond acceptors (Lipinski definition) is 15. The van der Waals surface area contributed by atoms with E-state index in [4.69, 9.17) is 37.0 Å². The third-order valence-electron chi connectivity index (χ3n) is 17.5. The number of hydrogen-bond donors (Lipinski definition) is 3. The molecule has 0 fully saturated rings. The van der Waals surface area contributed by atoms with Gasteiger partial charge < -0.3 is 33.8 Å². The summed E-state index contributed by atoms with van der Waals surface area (Å²) in [6.45, 7) is 7.20. The number of carbonyl (C=O) groups excluding carboxylic acids is 4. The van der Waals surface area contributed by atoms with Crippen molar-refractivity contribution >= 4 is 39.5 Å². The van der Waals surface area contributed by atoms with Crippen molar-refractivity contribution in [1.82, 2.24) is 0 Å². The third-order valence-corrected chi connectivity index (χ3v) is 19.4. The molecule has 2 unspecified atom stereocenters. The van der Waals surface area contributed by atoms with E-state index in [0.717, 1.165) is 109 Å². The lowest BCUT2D eigenvalue weighted by atomic mass is 10.0. The summed E-state index contributed by atoms with van der Waals surface area (Å²) in [4.78, 5) is 72.6. The number of aliphatic hydroxyl groups excluding tert-OH is 1. The van der Waals surface area contributed by atoms with Gasteiger partial charge in [-0.25, -0.2) is 9.13 Å². The van der Waals surface area contributed by atoms with E-state index >= 15 is 0 Å². The van der Waals surface area contributed by atoms with Gasteiger partial charge in [-0.1, -0.05) is 343 Å². The number of phosphoric ester groups is 2. The summed E-state index contributed by atoms with van der Waals surface area (Å²) in [5, 5.41) is 10.6. The van der Waals surface area contributed by atoms with E-state index in [9.17, 15) is 43.2 Å². The molecule has 558 valence electrons. The van der Waals surface area contributed by atoms with E-state index in [1.54, 1.807) is 0 Å². The van der Waals surface area contributed by atoms with E-state index in [1.165, 1.54) is 205 Å². The Morgan fingerprint density at radius 1 is 0.287 bits per heavy atom. The molecular formula is C75H146O17P2. The van der Waals surface area contributed by atoms with Gasteiger partial charge in [0.1, 0.15) is 19.3 Å². The minimum absolute atomic E-state index is 0.105. The van der Waals surface area contributed by atoms with Crippen molar-refractivity contribution in [3.63, 3.8) is 0 Å². The van der Waals surface area contributed by atoms with Crippen LogP contribution in [0.2, 0.25) is 0 Å². The summed E-state index contributed by atoms with van der Waals surface area (Å²) in [6.07, 6.45) is 57.2. The fourth-order valence-corrected chi connectivity index (χ4v) is 13.1. The van der Waals surface area contributed by atoms with Gasteiger partial charge in [-0.2, -0.15) is 0 Å². The molecule has 0 saturated carbocycles. The SMILES string of the molecule is CCCCCCCCCCCCCCCCCCCCCC(=O)O[C@H](COC(=O)CCCCCCCCCCCCCCCCCCC)COP(=O)(O)OC[C@@H](O)COP(=O)(O)OC[C@@H](COC(=O)CCCCCCCCC)OC(=O)CCCCCCCCCCC(C)C. The summed E-state index contributed by atoms with van der Waals surface area (Å²) in [5.74, 6) is -1.40. The Balaban J connectivity index is 5.18. The molecule has 0 spiro atoms. The van der Waals surface area contributed by atoms with Crippen molar-refractivity contribution in [2.75, 3.05) is 39.6 Å². The maximum Gasteiger partial charge on any atom is 0.472 e. The van der Waals surface area contributed by atoms with Crippen molar-refractivity contribution in [3.8, 4) is 0 Å². The highest BCUT2D eigenvalue weighted by Crippen LogP contribution is 2.45. The lowest BCUT2D eigenvalue weighted by Crippen LogP contribution is -2.30. The fraction of sp³-hybridized carbons (Fsp3) is 0.947. The molecule has 19 heteroatoms. The van der Waals surface area contributed by atoms with Gasteiger partial charge in [0.25, 0.3) is 0 Å². The Bertz CT molecular complexity index is 1810. The standard InChI is InChI=1S/C75H146O17P2/c1-6-9-12-15-18-20-22-24-26-28-29-31-33-35-37-39-45-50-55-60-74(79)91-71(65-86-73(78)59-54-49-44-38-36-34-32-30-27-25-23-21-19-16-13-10-7-2)67-90-94(83,84)88-63-69(76)62-87-93(81,82)89-66-70(64-85-72(77)58-53-48-42-17-14-11-8-3)92-75(80)61-56-51-46-41-40-43-47-52-57-68(4)5/h68-71,76H,6-67H2,1-5H3,(H,81,82)(H,83,84)/t69-,70+,71+/m0/s1. The van der Waals surface area contributed by atoms with E-state index in [1.807, 2.05) is 0 Å². The second-order valence-corrected chi connectivity index (χ2v) is 30.4. The summed E-state index contributed by atoms with van der Waals surface area (Å²) in [5.41, 5.74) is 0. The van der Waals surface area contributed by atoms with Crippen molar-refractivity contribution in [3.05, 3.63) is 0 Å². The summed E-state index contributed by atoms with van der Waals surface area (Å²) < 4.78 is 68.4. The molecule has 0 aliphatic carbocycles. The minimum atomic E-state index is -4.96. The predicted molar refractivity (Wildman–Crippen MR) is 382 cm³/mol. The lowest BCUT2D eigenvalue weighted by molar-refractivity contribution is -0.161. The molecule has 0 amide bonds. The van der Waals surface area contributed by atoms with E-state index in [0.29, 0.717) is 25.7 Å². The molecule has 3 N–H and O–H groups in total. The van der Waals surface area contributed by atoms with Gasteiger partial charge in [0.15, 0.2) is 12.2 Å². The van der Waals surface area contributed by atoms with Gasteiger partial charge in [-0.3, -0.25) is 37.3 Å². The van der Waals surface area contributed by atoms with E-state index < -0.39 is 97.5 Å². The van der Waals surface area contributed by atoms with Crippen LogP contribution in [0.1, 0.15) is 394 Å². The zero-order valence-corrected chi connectivity index (χ0v) is 62.9. The smallest absolute Gasteiger partial charge is 0.462 e. The Morgan fingerprint density at radius 3 is 0.723 bits per heavy atom. The monoisotopic (exact) mass is 1380 g/mol. The molecule has 17 nitrogen and oxygen atoms in total. The second-order valence-electron chi connectivity index (χ2n) is 27.5. The number of unbranched alkanes of at least 4 members (excludes halogenated alkanes) is 47. The maximum atomic E-state index is 13.1. The fourth-order valence-electron chi connectivity index (χ4n) is 11.5. The zero-order chi connectivity index (χ0) is 69.1. The van der Waals surface area contributed by atoms with Crippen LogP contribution in [-0.4, -0.2) is 96.7 Å². The minimum Gasteiger partial charge on any atom is -0.462 e. The highest BCUT2D eigenvalue weighted by atomic mass is 31.2. The quantitative estimate of drug-likeness (QED) is 0.0222. The number of ether oxygens (including phenoxy) is 4. The largest absolute Gasteiger partial charge is 0.472 e. The van der Waals surface area contributed by atoms with Crippen molar-refractivity contribution in [2.45, 2.75) is 412 Å². The number of esters is 4. The molecule has 0 heterocycles. The molecule has 0 aliphatic rings. The number of rotatable bonds is 75. The Kier molecular flexibility index (Phi) is 66.8. The van der Waals surface area contributed by atoms with Crippen LogP contribution >= 0.6 is 15.6 Å². The molecular weight excluding hydrogens is 1230 g/mol. The van der Waals surface area contributed by atoms with Crippen molar-refractivity contribution in [2.24, 2.45) is 5.92 Å². The average molecular weight is 1380 g/mol. The maximum absolute atomic E-state index is 13.1. The normalized spacial score (nSPS) is 14.0. The Labute approximate surface area is 575 Å². The molecule has 5 atom stereocenters. The molecule has 0 aliphatic heterocycles. The summed E-state index contributed by atoms with van der Waals surface area (Å²) >= 11 is 0. The first kappa shape index (κ1) is 92.1. The number of carbonyl (C=O) groups is 4. The van der Waals surface area contributed by atoms with Crippen LogP contribution in [0.3, 0.4) is 0 Å². The van der Waals surface area contributed by atoms with Gasteiger partial charge >= 0.3 is 39.5 Å². The average Bonchev–Trinajstić information content (AvgIpc) is 1.11. The van der Waals surface area contributed by atoms with Crippen LogP contribution in [0.25, 0.3) is 0 Å². The summed E-state index contributed by atoms with van der Waals surface area (Å²) in [7, 11) is -9.90. The van der Waals surface area contributed by atoms with Gasteiger partial charge in [0.2, 0.25) is 0 Å².